The lowest BCUT2D eigenvalue weighted by Gasteiger charge is -2.23. The molecule has 1 N–H and O–H groups in total. The van der Waals surface area contributed by atoms with Gasteiger partial charge in [0.2, 0.25) is 0 Å². The molecule has 0 bridgehead atoms. The van der Waals surface area contributed by atoms with Crippen molar-refractivity contribution in [2.75, 3.05) is 13.2 Å². The minimum atomic E-state index is -1.19. The third kappa shape index (κ3) is 3.87. The van der Waals surface area contributed by atoms with Gasteiger partial charge in [0.25, 0.3) is 0 Å². The van der Waals surface area contributed by atoms with Gasteiger partial charge in [-0.15, -0.1) is 0 Å². The van der Waals surface area contributed by atoms with Gasteiger partial charge in [-0.05, 0) is 37.6 Å². The van der Waals surface area contributed by atoms with Gasteiger partial charge in [-0.25, -0.2) is 8.78 Å². The van der Waals surface area contributed by atoms with Crippen molar-refractivity contribution in [3.8, 4) is 0 Å². The predicted molar refractivity (Wildman–Crippen MR) is 57.2 cm³/mol. The number of halogens is 2. The van der Waals surface area contributed by atoms with E-state index in [0.717, 1.165) is 18.2 Å². The second-order valence-corrected chi connectivity index (χ2v) is 4.05. The molecule has 0 radical (unpaired) electrons. The summed E-state index contributed by atoms with van der Waals surface area (Å²) in [4.78, 5) is 0. The van der Waals surface area contributed by atoms with Crippen LogP contribution in [0.25, 0.3) is 0 Å². The van der Waals surface area contributed by atoms with E-state index in [1.54, 1.807) is 6.92 Å². The van der Waals surface area contributed by atoms with Crippen LogP contribution in [0, 0.1) is 11.6 Å². The molecule has 1 aromatic carbocycles. The third-order valence-electron chi connectivity index (χ3n) is 2.20. The molecule has 1 rings (SSSR count). The molecule has 0 aliphatic rings. The Labute approximate surface area is 93.9 Å². The Morgan fingerprint density at radius 3 is 2.69 bits per heavy atom. The molecule has 0 spiro atoms. The van der Waals surface area contributed by atoms with Crippen LogP contribution in [-0.2, 0) is 11.2 Å². The molecule has 2 nitrogen and oxygen atoms in total. The first-order valence-electron chi connectivity index (χ1n) is 5.18. The first kappa shape index (κ1) is 13.1. The fourth-order valence-corrected chi connectivity index (χ4v) is 1.46. The molecule has 0 saturated heterocycles. The molecule has 16 heavy (non-hydrogen) atoms. The number of aliphatic hydroxyl groups is 1. The Morgan fingerprint density at radius 2 is 2.06 bits per heavy atom. The second kappa shape index (κ2) is 5.37. The van der Waals surface area contributed by atoms with E-state index >= 15 is 0 Å². The van der Waals surface area contributed by atoms with Crippen molar-refractivity contribution in [3.63, 3.8) is 0 Å². The summed E-state index contributed by atoms with van der Waals surface area (Å²) in [6.45, 7) is 3.91. The van der Waals surface area contributed by atoms with Crippen LogP contribution in [0.2, 0.25) is 0 Å². The van der Waals surface area contributed by atoms with Crippen LogP contribution in [0.4, 0.5) is 8.78 Å². The maximum Gasteiger partial charge on any atom is 0.126 e. The second-order valence-electron chi connectivity index (χ2n) is 4.05. The summed E-state index contributed by atoms with van der Waals surface area (Å²) in [6.07, 6.45) is 0.0244. The van der Waals surface area contributed by atoms with E-state index in [2.05, 4.69) is 0 Å². The molecular formula is C12H16F2O2. The van der Waals surface area contributed by atoms with E-state index in [0.29, 0.717) is 6.61 Å². The van der Waals surface area contributed by atoms with Crippen LogP contribution in [0.5, 0.6) is 0 Å². The molecule has 0 aliphatic heterocycles. The lowest BCUT2D eigenvalue weighted by atomic mass is 9.97. The van der Waals surface area contributed by atoms with Gasteiger partial charge in [0.05, 0.1) is 12.2 Å². The summed E-state index contributed by atoms with van der Waals surface area (Å²) in [5.41, 5.74) is -1.03. The summed E-state index contributed by atoms with van der Waals surface area (Å²) in [7, 11) is 0. The standard InChI is InChI=1S/C12H16F2O2/c1-3-16-8-12(2,15)7-9-6-10(13)4-5-11(9)14/h4-6,15H,3,7-8H2,1-2H3. The molecule has 1 aromatic rings. The van der Waals surface area contributed by atoms with Gasteiger partial charge < -0.3 is 9.84 Å². The van der Waals surface area contributed by atoms with Gasteiger partial charge in [-0.2, -0.15) is 0 Å². The summed E-state index contributed by atoms with van der Waals surface area (Å²) < 4.78 is 31.3. The van der Waals surface area contributed by atoms with Crippen molar-refractivity contribution < 1.29 is 18.6 Å². The van der Waals surface area contributed by atoms with Crippen molar-refractivity contribution in [1.82, 2.24) is 0 Å². The third-order valence-corrected chi connectivity index (χ3v) is 2.20. The van der Waals surface area contributed by atoms with E-state index in [1.165, 1.54) is 6.92 Å². The average molecular weight is 230 g/mol. The summed E-state index contributed by atoms with van der Waals surface area (Å²) in [6, 6.07) is 3.20. The maximum atomic E-state index is 13.3. The highest BCUT2D eigenvalue weighted by Crippen LogP contribution is 2.17. The van der Waals surface area contributed by atoms with Gasteiger partial charge in [-0.3, -0.25) is 0 Å². The molecule has 0 aliphatic carbocycles. The smallest absolute Gasteiger partial charge is 0.126 e. The maximum absolute atomic E-state index is 13.3. The van der Waals surface area contributed by atoms with Crippen LogP contribution < -0.4 is 0 Å². The lowest BCUT2D eigenvalue weighted by Crippen LogP contribution is -2.33. The highest BCUT2D eigenvalue weighted by molar-refractivity contribution is 5.20. The molecule has 0 amide bonds. The topological polar surface area (TPSA) is 29.5 Å². The molecule has 1 atom stereocenters. The molecule has 1 unspecified atom stereocenters. The summed E-state index contributed by atoms with van der Waals surface area (Å²) in [5.74, 6) is -1.03. The first-order chi connectivity index (χ1) is 7.44. The fourth-order valence-electron chi connectivity index (χ4n) is 1.46. The Hall–Kier alpha value is -1.00. The van der Waals surface area contributed by atoms with Gasteiger partial charge in [0.1, 0.15) is 11.6 Å². The number of rotatable bonds is 5. The lowest BCUT2D eigenvalue weighted by molar-refractivity contribution is -0.0301. The largest absolute Gasteiger partial charge is 0.387 e. The van der Waals surface area contributed by atoms with Crippen LogP contribution >= 0.6 is 0 Å². The number of benzene rings is 1. The quantitative estimate of drug-likeness (QED) is 0.841. The van der Waals surface area contributed by atoms with Gasteiger partial charge in [0, 0.05) is 13.0 Å². The molecular weight excluding hydrogens is 214 g/mol. The zero-order valence-electron chi connectivity index (χ0n) is 9.46. The van der Waals surface area contributed by atoms with Gasteiger partial charge >= 0.3 is 0 Å². The zero-order valence-corrected chi connectivity index (χ0v) is 9.46. The van der Waals surface area contributed by atoms with Crippen LogP contribution in [0.3, 0.4) is 0 Å². The zero-order chi connectivity index (χ0) is 12.2. The minimum Gasteiger partial charge on any atom is -0.387 e. The van der Waals surface area contributed by atoms with Crippen LogP contribution in [-0.4, -0.2) is 23.9 Å². The normalized spacial score (nSPS) is 14.8. The molecule has 0 fully saturated rings. The van der Waals surface area contributed by atoms with Gasteiger partial charge in [-0.1, -0.05) is 0 Å². The van der Waals surface area contributed by atoms with Crippen LogP contribution in [0.15, 0.2) is 18.2 Å². The average Bonchev–Trinajstić information content (AvgIpc) is 2.20. The molecule has 90 valence electrons. The van der Waals surface area contributed by atoms with Crippen molar-refractivity contribution in [2.45, 2.75) is 25.9 Å². The number of hydrogen-bond donors (Lipinski definition) is 1. The van der Waals surface area contributed by atoms with Gasteiger partial charge in [0.15, 0.2) is 0 Å². The van der Waals surface area contributed by atoms with Crippen molar-refractivity contribution in [2.24, 2.45) is 0 Å². The molecule has 0 heterocycles. The molecule has 0 saturated carbocycles. The predicted octanol–water partition coefficient (Wildman–Crippen LogP) is 2.29. The monoisotopic (exact) mass is 230 g/mol. The van der Waals surface area contributed by atoms with Crippen molar-refractivity contribution >= 4 is 0 Å². The summed E-state index contributed by atoms with van der Waals surface area (Å²) >= 11 is 0. The van der Waals surface area contributed by atoms with E-state index < -0.39 is 17.2 Å². The van der Waals surface area contributed by atoms with E-state index in [-0.39, 0.29) is 18.6 Å². The van der Waals surface area contributed by atoms with Crippen molar-refractivity contribution in [3.05, 3.63) is 35.4 Å². The minimum absolute atomic E-state index is 0.0244. The molecule has 0 aromatic heterocycles. The summed E-state index contributed by atoms with van der Waals surface area (Å²) in [5, 5.41) is 9.90. The Balaban J connectivity index is 2.74. The van der Waals surface area contributed by atoms with E-state index in [4.69, 9.17) is 4.74 Å². The highest BCUT2D eigenvalue weighted by atomic mass is 19.1. The fraction of sp³-hybridized carbons (Fsp3) is 0.500. The Bertz CT molecular complexity index is 351. The highest BCUT2D eigenvalue weighted by Gasteiger charge is 2.23. The van der Waals surface area contributed by atoms with Crippen LogP contribution in [0.1, 0.15) is 19.4 Å². The SMILES string of the molecule is CCOCC(C)(O)Cc1cc(F)ccc1F. The first-order valence-corrected chi connectivity index (χ1v) is 5.18. The van der Waals surface area contributed by atoms with E-state index in [9.17, 15) is 13.9 Å². The van der Waals surface area contributed by atoms with E-state index in [1.807, 2.05) is 0 Å². The number of hydrogen-bond acceptors (Lipinski definition) is 2. The number of ether oxygens (including phenoxy) is 1. The molecule has 4 heteroatoms. The van der Waals surface area contributed by atoms with Crippen molar-refractivity contribution in [1.29, 1.82) is 0 Å². The Kier molecular flexibility index (Phi) is 4.38. The Morgan fingerprint density at radius 1 is 1.38 bits per heavy atom.